The number of rotatable bonds is 4. The second-order valence-corrected chi connectivity index (χ2v) is 7.13. The lowest BCUT2D eigenvalue weighted by Gasteiger charge is -2.22. The predicted octanol–water partition coefficient (Wildman–Crippen LogP) is 4.59. The van der Waals surface area contributed by atoms with Crippen LogP contribution in [0, 0.1) is 6.92 Å². The molecule has 0 radical (unpaired) electrons. The third-order valence-corrected chi connectivity index (χ3v) is 5.03. The highest BCUT2D eigenvalue weighted by molar-refractivity contribution is 6.06. The van der Waals surface area contributed by atoms with Gasteiger partial charge in [-0.25, -0.2) is 4.98 Å². The van der Waals surface area contributed by atoms with Crippen LogP contribution in [0.4, 0.5) is 11.4 Å². The third kappa shape index (κ3) is 3.56. The molecule has 1 N–H and O–H groups in total. The van der Waals surface area contributed by atoms with Crippen molar-refractivity contribution in [2.45, 2.75) is 32.9 Å². The Morgan fingerprint density at radius 3 is 2.63 bits per heavy atom. The molecule has 4 rings (SSSR count). The Kier molecular flexibility index (Phi) is 4.63. The van der Waals surface area contributed by atoms with Crippen molar-refractivity contribution in [1.82, 2.24) is 4.98 Å². The van der Waals surface area contributed by atoms with Crippen LogP contribution in [0.3, 0.4) is 0 Å². The average molecular weight is 357 g/mol. The van der Waals surface area contributed by atoms with Crippen molar-refractivity contribution in [2.75, 3.05) is 10.2 Å². The van der Waals surface area contributed by atoms with Crippen molar-refractivity contribution < 1.29 is 4.79 Å². The molecule has 4 heteroatoms. The lowest BCUT2D eigenvalue weighted by Crippen LogP contribution is -2.36. The third-order valence-electron chi connectivity index (χ3n) is 5.03. The fourth-order valence-electron chi connectivity index (χ4n) is 3.53. The second kappa shape index (κ2) is 7.23. The second-order valence-electron chi connectivity index (χ2n) is 7.13. The number of hydrogen-bond donors (Lipinski definition) is 1. The Morgan fingerprint density at radius 1 is 1.11 bits per heavy atom. The number of pyridine rings is 1. The molecule has 27 heavy (non-hydrogen) atoms. The molecule has 0 saturated heterocycles. The largest absolute Gasteiger partial charge is 0.380 e. The summed E-state index contributed by atoms with van der Waals surface area (Å²) in [6.07, 6.45) is 2.62. The molecule has 1 amide bonds. The van der Waals surface area contributed by atoms with E-state index < -0.39 is 0 Å². The number of amides is 1. The molecule has 0 bridgehead atoms. The van der Waals surface area contributed by atoms with Gasteiger partial charge in [0.1, 0.15) is 5.69 Å². The van der Waals surface area contributed by atoms with Crippen LogP contribution in [0.2, 0.25) is 0 Å². The summed E-state index contributed by atoms with van der Waals surface area (Å²) < 4.78 is 0. The van der Waals surface area contributed by atoms with E-state index in [1.165, 1.54) is 16.7 Å². The number of aryl methyl sites for hydroxylation is 1. The lowest BCUT2D eigenvalue weighted by molar-refractivity contribution is 0.0976. The summed E-state index contributed by atoms with van der Waals surface area (Å²) in [5.74, 6) is -0.0439. The zero-order valence-electron chi connectivity index (χ0n) is 15.6. The Morgan fingerprint density at radius 2 is 1.89 bits per heavy atom. The first-order valence-electron chi connectivity index (χ1n) is 9.29. The first-order chi connectivity index (χ1) is 13.1. The van der Waals surface area contributed by atoms with E-state index in [-0.39, 0.29) is 11.9 Å². The molecule has 2 heterocycles. The molecule has 4 nitrogen and oxygen atoms in total. The Labute approximate surface area is 159 Å². The molecule has 0 fully saturated rings. The van der Waals surface area contributed by atoms with Gasteiger partial charge in [0.2, 0.25) is 0 Å². The van der Waals surface area contributed by atoms with E-state index in [1.807, 2.05) is 29.2 Å². The molecule has 2 aromatic carbocycles. The van der Waals surface area contributed by atoms with Gasteiger partial charge in [-0.05, 0) is 49.6 Å². The van der Waals surface area contributed by atoms with Gasteiger partial charge in [0.15, 0.2) is 0 Å². The summed E-state index contributed by atoms with van der Waals surface area (Å²) >= 11 is 0. The molecule has 1 aromatic heterocycles. The highest BCUT2D eigenvalue weighted by Gasteiger charge is 2.31. The fourth-order valence-corrected chi connectivity index (χ4v) is 3.53. The minimum absolute atomic E-state index is 0.0439. The molecule has 3 aromatic rings. The topological polar surface area (TPSA) is 45.2 Å². The summed E-state index contributed by atoms with van der Waals surface area (Å²) in [6.45, 7) is 4.89. The maximum absolute atomic E-state index is 13.0. The minimum atomic E-state index is -0.0439. The van der Waals surface area contributed by atoms with Gasteiger partial charge in [-0.15, -0.1) is 0 Å². The number of para-hydroxylation sites is 1. The van der Waals surface area contributed by atoms with E-state index in [4.69, 9.17) is 0 Å². The van der Waals surface area contributed by atoms with Crippen molar-refractivity contribution in [3.63, 3.8) is 0 Å². The van der Waals surface area contributed by atoms with Crippen molar-refractivity contribution in [3.8, 4) is 0 Å². The number of anilines is 2. The zero-order valence-corrected chi connectivity index (χ0v) is 15.6. The first kappa shape index (κ1) is 17.3. The van der Waals surface area contributed by atoms with Gasteiger partial charge < -0.3 is 10.2 Å². The predicted molar refractivity (Wildman–Crippen MR) is 109 cm³/mol. The number of fused-ring (bicyclic) bond motifs is 1. The zero-order chi connectivity index (χ0) is 18.8. The highest BCUT2D eigenvalue weighted by atomic mass is 16.2. The van der Waals surface area contributed by atoms with E-state index in [1.54, 1.807) is 12.3 Å². The van der Waals surface area contributed by atoms with Crippen molar-refractivity contribution in [2.24, 2.45) is 0 Å². The van der Waals surface area contributed by atoms with Gasteiger partial charge in [0.05, 0.1) is 11.9 Å². The average Bonchev–Trinajstić information content (AvgIpc) is 3.03. The van der Waals surface area contributed by atoms with Gasteiger partial charge in [0, 0.05) is 18.3 Å². The van der Waals surface area contributed by atoms with E-state index >= 15 is 0 Å². The number of benzene rings is 2. The minimum Gasteiger partial charge on any atom is -0.380 e. The Hall–Kier alpha value is -3.14. The first-order valence-corrected chi connectivity index (χ1v) is 9.29. The van der Waals surface area contributed by atoms with Crippen molar-refractivity contribution in [3.05, 3.63) is 89.2 Å². The lowest BCUT2D eigenvalue weighted by atomic mass is 10.1. The summed E-state index contributed by atoms with van der Waals surface area (Å²) in [4.78, 5) is 19.2. The van der Waals surface area contributed by atoms with Crippen LogP contribution in [-0.2, 0) is 13.0 Å². The molecular formula is C23H23N3O. The SMILES string of the molecule is Cc1ccc(CNc2ccc(C(=O)N3c4ccccc4CC3C)nc2)cc1. The van der Waals surface area contributed by atoms with Crippen LogP contribution in [0.25, 0.3) is 0 Å². The maximum Gasteiger partial charge on any atom is 0.277 e. The molecule has 1 aliphatic heterocycles. The normalized spacial score (nSPS) is 15.5. The van der Waals surface area contributed by atoms with E-state index in [0.717, 1.165) is 24.3 Å². The molecule has 136 valence electrons. The number of carbonyl (C=O) groups is 1. The number of nitrogens with zero attached hydrogens (tertiary/aromatic N) is 2. The van der Waals surface area contributed by atoms with Crippen LogP contribution in [0.5, 0.6) is 0 Å². The van der Waals surface area contributed by atoms with E-state index in [2.05, 4.69) is 54.5 Å². The Balaban J connectivity index is 1.46. The molecule has 1 unspecified atom stereocenters. The molecule has 0 saturated carbocycles. The van der Waals surface area contributed by atoms with Gasteiger partial charge in [-0.1, -0.05) is 48.0 Å². The van der Waals surface area contributed by atoms with Crippen LogP contribution in [0.1, 0.15) is 34.1 Å². The quantitative estimate of drug-likeness (QED) is 0.742. The molecule has 0 aliphatic carbocycles. The van der Waals surface area contributed by atoms with Gasteiger partial charge in [0.25, 0.3) is 5.91 Å². The number of carbonyl (C=O) groups excluding carboxylic acids is 1. The van der Waals surface area contributed by atoms with Crippen molar-refractivity contribution in [1.29, 1.82) is 0 Å². The van der Waals surface area contributed by atoms with E-state index in [9.17, 15) is 4.79 Å². The number of nitrogens with one attached hydrogen (secondary N) is 1. The van der Waals surface area contributed by atoms with Crippen LogP contribution < -0.4 is 10.2 Å². The summed E-state index contributed by atoms with van der Waals surface area (Å²) in [7, 11) is 0. The van der Waals surface area contributed by atoms with Crippen LogP contribution in [-0.4, -0.2) is 16.9 Å². The molecule has 0 spiro atoms. The molecule has 1 atom stereocenters. The van der Waals surface area contributed by atoms with E-state index in [0.29, 0.717) is 5.69 Å². The van der Waals surface area contributed by atoms with Gasteiger partial charge >= 0.3 is 0 Å². The van der Waals surface area contributed by atoms with Gasteiger partial charge in [-0.3, -0.25) is 4.79 Å². The van der Waals surface area contributed by atoms with Crippen molar-refractivity contribution >= 4 is 17.3 Å². The number of aromatic nitrogens is 1. The smallest absolute Gasteiger partial charge is 0.277 e. The summed E-state index contributed by atoms with van der Waals surface area (Å²) in [5.41, 5.74) is 6.05. The maximum atomic E-state index is 13.0. The summed E-state index contributed by atoms with van der Waals surface area (Å²) in [5, 5.41) is 3.35. The Bertz CT molecular complexity index is 948. The van der Waals surface area contributed by atoms with Crippen LogP contribution in [0.15, 0.2) is 66.9 Å². The summed E-state index contributed by atoms with van der Waals surface area (Å²) in [6, 6.07) is 20.4. The van der Waals surface area contributed by atoms with Gasteiger partial charge in [-0.2, -0.15) is 0 Å². The fraction of sp³-hybridized carbons (Fsp3) is 0.217. The highest BCUT2D eigenvalue weighted by Crippen LogP contribution is 2.32. The molecular weight excluding hydrogens is 334 g/mol. The number of hydrogen-bond acceptors (Lipinski definition) is 3. The standard InChI is InChI=1S/C23H23N3O/c1-16-7-9-18(10-8-16)14-24-20-11-12-21(25-15-20)23(27)26-17(2)13-19-5-3-4-6-22(19)26/h3-12,15,17,24H,13-14H2,1-2H3. The monoisotopic (exact) mass is 357 g/mol. The van der Waals surface area contributed by atoms with Crippen LogP contribution >= 0.6 is 0 Å². The molecule has 1 aliphatic rings.